The Labute approximate surface area is 127 Å². The maximum Gasteiger partial charge on any atom is 0.335 e. The van der Waals surface area contributed by atoms with Gasteiger partial charge in [-0.15, -0.1) is 0 Å². The number of carboxylic acids is 1. The second kappa shape index (κ2) is 5.97. The minimum absolute atomic E-state index is 0.0733. The first-order valence-corrected chi connectivity index (χ1v) is 6.67. The zero-order chi connectivity index (χ0) is 15.6. The fourth-order valence-corrected chi connectivity index (χ4v) is 2.05. The van der Waals surface area contributed by atoms with Crippen molar-refractivity contribution in [3.05, 3.63) is 63.7 Å². The third-order valence-electron chi connectivity index (χ3n) is 3.23. The Hall–Kier alpha value is -2.33. The van der Waals surface area contributed by atoms with Crippen LogP contribution in [0.4, 0.5) is 5.69 Å². The molecule has 0 spiro atoms. The summed E-state index contributed by atoms with van der Waals surface area (Å²) < 4.78 is 0. The van der Waals surface area contributed by atoms with Crippen molar-refractivity contribution in [2.24, 2.45) is 0 Å². The molecule has 2 aromatic carbocycles. The maximum atomic E-state index is 12.2. The first-order valence-electron chi connectivity index (χ1n) is 6.30. The number of rotatable bonds is 3. The van der Waals surface area contributed by atoms with E-state index in [4.69, 9.17) is 16.7 Å². The molecular formula is C16H14ClNO3. The van der Waals surface area contributed by atoms with Crippen molar-refractivity contribution in [2.75, 3.05) is 5.32 Å². The van der Waals surface area contributed by atoms with Crippen LogP contribution in [0.15, 0.2) is 36.4 Å². The highest BCUT2D eigenvalue weighted by atomic mass is 35.5. The van der Waals surface area contributed by atoms with E-state index in [1.165, 1.54) is 18.2 Å². The third-order valence-corrected chi connectivity index (χ3v) is 3.55. The molecule has 0 atom stereocenters. The molecule has 0 unspecified atom stereocenters. The van der Waals surface area contributed by atoms with Crippen molar-refractivity contribution in [1.82, 2.24) is 0 Å². The molecule has 0 saturated carbocycles. The molecule has 2 rings (SSSR count). The number of hydrogen-bond acceptors (Lipinski definition) is 2. The molecule has 0 aliphatic heterocycles. The zero-order valence-electron chi connectivity index (χ0n) is 11.6. The van der Waals surface area contributed by atoms with Crippen LogP contribution in [0.1, 0.15) is 31.8 Å². The minimum atomic E-state index is -1.07. The van der Waals surface area contributed by atoms with Crippen LogP contribution in [-0.4, -0.2) is 17.0 Å². The van der Waals surface area contributed by atoms with E-state index >= 15 is 0 Å². The lowest BCUT2D eigenvalue weighted by Gasteiger charge is -2.09. The monoisotopic (exact) mass is 303 g/mol. The average molecular weight is 304 g/mol. The van der Waals surface area contributed by atoms with Crippen LogP contribution in [0.2, 0.25) is 5.02 Å². The molecule has 0 aliphatic carbocycles. The number of carbonyl (C=O) groups is 2. The first kappa shape index (κ1) is 15.1. The van der Waals surface area contributed by atoms with Gasteiger partial charge >= 0.3 is 5.97 Å². The molecule has 2 aromatic rings. The Morgan fingerprint density at radius 1 is 1.00 bits per heavy atom. The smallest absolute Gasteiger partial charge is 0.335 e. The Morgan fingerprint density at radius 3 is 2.24 bits per heavy atom. The Balaban J connectivity index is 2.23. The van der Waals surface area contributed by atoms with Gasteiger partial charge in [0.05, 0.1) is 16.3 Å². The van der Waals surface area contributed by atoms with Gasteiger partial charge in [-0.2, -0.15) is 0 Å². The predicted molar refractivity (Wildman–Crippen MR) is 82.3 cm³/mol. The highest BCUT2D eigenvalue weighted by Crippen LogP contribution is 2.24. The number of anilines is 1. The van der Waals surface area contributed by atoms with E-state index in [1.807, 2.05) is 19.9 Å². The van der Waals surface area contributed by atoms with Crippen LogP contribution in [0, 0.1) is 13.8 Å². The molecule has 5 heteroatoms. The van der Waals surface area contributed by atoms with Gasteiger partial charge in [0.2, 0.25) is 0 Å². The Bertz CT molecular complexity index is 725. The summed E-state index contributed by atoms with van der Waals surface area (Å²) in [6, 6.07) is 9.58. The van der Waals surface area contributed by atoms with E-state index in [2.05, 4.69) is 5.32 Å². The molecule has 21 heavy (non-hydrogen) atoms. The van der Waals surface area contributed by atoms with Gasteiger partial charge in [0.1, 0.15) is 0 Å². The standard InChI is InChI=1S/C16H14ClNO3/c1-9-3-4-11(7-10(9)2)15(19)18-14-6-5-12(16(20)21)8-13(14)17/h3-8H,1-2H3,(H,18,19)(H,20,21). The number of hydrogen-bond donors (Lipinski definition) is 2. The van der Waals surface area contributed by atoms with Crippen molar-refractivity contribution >= 4 is 29.2 Å². The SMILES string of the molecule is Cc1ccc(C(=O)Nc2ccc(C(=O)O)cc2Cl)cc1C. The van der Waals surface area contributed by atoms with E-state index < -0.39 is 5.97 Å². The normalized spacial score (nSPS) is 10.2. The molecule has 2 N–H and O–H groups in total. The van der Waals surface area contributed by atoms with E-state index in [0.717, 1.165) is 11.1 Å². The predicted octanol–water partition coefficient (Wildman–Crippen LogP) is 3.91. The summed E-state index contributed by atoms with van der Waals surface area (Å²) in [6.07, 6.45) is 0. The topological polar surface area (TPSA) is 66.4 Å². The molecule has 0 aromatic heterocycles. The van der Waals surface area contributed by atoms with Crippen LogP contribution in [0.25, 0.3) is 0 Å². The second-order valence-corrected chi connectivity index (χ2v) is 5.16. The van der Waals surface area contributed by atoms with Crippen LogP contribution in [0.3, 0.4) is 0 Å². The quantitative estimate of drug-likeness (QED) is 0.903. The average Bonchev–Trinajstić information content (AvgIpc) is 2.43. The van der Waals surface area contributed by atoms with Crippen molar-refractivity contribution < 1.29 is 14.7 Å². The van der Waals surface area contributed by atoms with E-state index in [-0.39, 0.29) is 16.5 Å². The number of halogens is 1. The Morgan fingerprint density at radius 2 is 1.67 bits per heavy atom. The van der Waals surface area contributed by atoms with Crippen LogP contribution < -0.4 is 5.32 Å². The molecule has 108 valence electrons. The minimum Gasteiger partial charge on any atom is -0.478 e. The van der Waals surface area contributed by atoms with Crippen LogP contribution in [0.5, 0.6) is 0 Å². The molecular weight excluding hydrogens is 290 g/mol. The van der Waals surface area contributed by atoms with Crippen LogP contribution >= 0.6 is 11.6 Å². The summed E-state index contributed by atoms with van der Waals surface area (Å²) in [4.78, 5) is 23.0. The third kappa shape index (κ3) is 3.41. The number of benzene rings is 2. The number of carboxylic acid groups (broad SMARTS) is 1. The van der Waals surface area contributed by atoms with E-state index in [0.29, 0.717) is 11.3 Å². The van der Waals surface area contributed by atoms with Gasteiger partial charge in [0.15, 0.2) is 0 Å². The number of carbonyl (C=O) groups excluding carboxylic acids is 1. The molecule has 0 aliphatic rings. The fourth-order valence-electron chi connectivity index (χ4n) is 1.83. The zero-order valence-corrected chi connectivity index (χ0v) is 12.4. The lowest BCUT2D eigenvalue weighted by Crippen LogP contribution is -2.12. The molecule has 0 radical (unpaired) electrons. The lowest BCUT2D eigenvalue weighted by atomic mass is 10.1. The van der Waals surface area contributed by atoms with Gasteiger partial charge < -0.3 is 10.4 Å². The number of nitrogens with one attached hydrogen (secondary N) is 1. The summed E-state index contributed by atoms with van der Waals surface area (Å²) in [5.74, 6) is -1.35. The fraction of sp³-hybridized carbons (Fsp3) is 0.125. The van der Waals surface area contributed by atoms with Crippen molar-refractivity contribution in [3.63, 3.8) is 0 Å². The van der Waals surface area contributed by atoms with Crippen molar-refractivity contribution in [3.8, 4) is 0 Å². The number of amides is 1. The number of aromatic carboxylic acids is 1. The summed E-state index contributed by atoms with van der Waals surface area (Å²) in [7, 11) is 0. The largest absolute Gasteiger partial charge is 0.478 e. The van der Waals surface area contributed by atoms with Gasteiger partial charge in [-0.05, 0) is 55.3 Å². The number of aryl methyl sites for hydroxylation is 2. The van der Waals surface area contributed by atoms with Gasteiger partial charge in [-0.3, -0.25) is 4.79 Å². The highest BCUT2D eigenvalue weighted by Gasteiger charge is 2.11. The van der Waals surface area contributed by atoms with E-state index in [9.17, 15) is 9.59 Å². The van der Waals surface area contributed by atoms with Crippen molar-refractivity contribution in [2.45, 2.75) is 13.8 Å². The Kier molecular flexibility index (Phi) is 4.29. The second-order valence-electron chi connectivity index (χ2n) is 4.75. The van der Waals surface area contributed by atoms with Gasteiger partial charge in [0, 0.05) is 5.56 Å². The molecule has 0 fully saturated rings. The van der Waals surface area contributed by atoms with Gasteiger partial charge in [-0.1, -0.05) is 17.7 Å². The lowest BCUT2D eigenvalue weighted by molar-refractivity contribution is 0.0696. The molecule has 0 heterocycles. The molecule has 0 saturated heterocycles. The molecule has 4 nitrogen and oxygen atoms in total. The van der Waals surface area contributed by atoms with Crippen LogP contribution in [-0.2, 0) is 0 Å². The van der Waals surface area contributed by atoms with Gasteiger partial charge in [0.25, 0.3) is 5.91 Å². The maximum absolute atomic E-state index is 12.2. The highest BCUT2D eigenvalue weighted by molar-refractivity contribution is 6.34. The first-order chi connectivity index (χ1) is 9.88. The summed E-state index contributed by atoms with van der Waals surface area (Å²) >= 11 is 5.98. The molecule has 1 amide bonds. The summed E-state index contributed by atoms with van der Waals surface area (Å²) in [5.41, 5.74) is 3.11. The van der Waals surface area contributed by atoms with Crippen molar-refractivity contribution in [1.29, 1.82) is 0 Å². The summed E-state index contributed by atoms with van der Waals surface area (Å²) in [5, 5.41) is 11.7. The van der Waals surface area contributed by atoms with Gasteiger partial charge in [-0.25, -0.2) is 4.79 Å². The van der Waals surface area contributed by atoms with E-state index in [1.54, 1.807) is 12.1 Å². The molecule has 0 bridgehead atoms. The summed E-state index contributed by atoms with van der Waals surface area (Å²) in [6.45, 7) is 3.90.